The lowest BCUT2D eigenvalue weighted by atomic mass is 10.3. The number of hydrogen-bond acceptors (Lipinski definition) is 0. The molecule has 0 aromatic rings. The molecule has 0 nitrogen and oxygen atoms in total. The largest absolute Gasteiger partial charge is 0.194 e. The van der Waals surface area contributed by atoms with E-state index < -0.39 is 5.29 Å². The maximum atomic E-state index is 11.6. The van der Waals surface area contributed by atoms with Gasteiger partial charge in [-0.1, -0.05) is 23.3 Å². The van der Waals surface area contributed by atoms with Gasteiger partial charge in [0.1, 0.15) is 0 Å². The summed E-state index contributed by atoms with van der Waals surface area (Å²) in [5.74, 6) is 0. The van der Waals surface area contributed by atoms with Crippen LogP contribution in [0.15, 0.2) is 23.0 Å². The van der Waals surface area contributed by atoms with Gasteiger partial charge in [-0.05, 0) is 19.9 Å². The Bertz CT molecular complexity index is 100. The molecular weight excluding hydrogens is 127 g/mol. The van der Waals surface area contributed by atoms with Crippen LogP contribution in [0.1, 0.15) is 13.8 Å². The lowest BCUT2D eigenvalue weighted by molar-refractivity contribution is 0.695. The molecule has 0 N–H and O–H groups in total. The molecule has 0 fully saturated rings. The van der Waals surface area contributed by atoms with Crippen molar-refractivity contribution in [2.24, 2.45) is 0 Å². The van der Waals surface area contributed by atoms with E-state index in [0.717, 1.165) is 5.57 Å². The molecule has 0 atom stereocenters. The first-order chi connectivity index (χ1) is 3.63. The second-order valence-corrected chi connectivity index (χ2v) is 2.06. The third-order valence-electron chi connectivity index (χ3n) is 0.543. The van der Waals surface area contributed by atoms with E-state index in [1.54, 1.807) is 6.08 Å². The monoisotopic (exact) mass is 134 g/mol. The molecule has 0 saturated heterocycles. The van der Waals surface area contributed by atoms with Crippen LogP contribution in [0.4, 0.5) is 4.39 Å². The minimum atomic E-state index is -0.675. The summed E-state index contributed by atoms with van der Waals surface area (Å²) in [7, 11) is 0. The van der Waals surface area contributed by atoms with Crippen molar-refractivity contribution in [1.82, 2.24) is 0 Å². The zero-order valence-corrected chi connectivity index (χ0v) is 5.67. The fourth-order valence-corrected chi connectivity index (χ4v) is 0.293. The van der Waals surface area contributed by atoms with Crippen LogP contribution in [0.3, 0.4) is 0 Å². The molecule has 0 aliphatic carbocycles. The lowest BCUT2D eigenvalue weighted by Gasteiger charge is -1.80. The second kappa shape index (κ2) is 3.67. The van der Waals surface area contributed by atoms with E-state index in [1.807, 2.05) is 13.8 Å². The maximum absolute atomic E-state index is 11.6. The van der Waals surface area contributed by atoms with Gasteiger partial charge in [0.2, 0.25) is 0 Å². The highest BCUT2D eigenvalue weighted by atomic mass is 35.5. The molecule has 0 rings (SSSR count). The van der Waals surface area contributed by atoms with Crippen molar-refractivity contribution in [3.05, 3.63) is 23.0 Å². The Morgan fingerprint density at radius 3 is 2.00 bits per heavy atom. The van der Waals surface area contributed by atoms with Crippen molar-refractivity contribution in [2.75, 3.05) is 0 Å². The van der Waals surface area contributed by atoms with Gasteiger partial charge in [0.25, 0.3) is 0 Å². The highest BCUT2D eigenvalue weighted by Gasteiger charge is 1.78. The third-order valence-corrected chi connectivity index (χ3v) is 0.669. The second-order valence-electron chi connectivity index (χ2n) is 1.70. The van der Waals surface area contributed by atoms with Crippen LogP contribution in [0.5, 0.6) is 0 Å². The predicted molar refractivity (Wildman–Crippen MR) is 34.5 cm³/mol. The quantitative estimate of drug-likeness (QED) is 0.484. The van der Waals surface area contributed by atoms with Gasteiger partial charge >= 0.3 is 0 Å². The van der Waals surface area contributed by atoms with Gasteiger partial charge in [0.05, 0.1) is 0 Å². The van der Waals surface area contributed by atoms with Crippen LogP contribution in [0.2, 0.25) is 0 Å². The van der Waals surface area contributed by atoms with E-state index in [2.05, 4.69) is 0 Å². The molecule has 0 aromatic heterocycles. The molecule has 2 heteroatoms. The van der Waals surface area contributed by atoms with Crippen molar-refractivity contribution in [3.8, 4) is 0 Å². The standard InChI is InChI=1S/C6H8ClF/c1-5(2)3-4-6(7)8/h3-4H,1-2H3/b6-4-. The van der Waals surface area contributed by atoms with E-state index in [-0.39, 0.29) is 0 Å². The Morgan fingerprint density at radius 1 is 1.38 bits per heavy atom. The molecule has 0 aromatic carbocycles. The van der Waals surface area contributed by atoms with Crippen LogP contribution in [-0.2, 0) is 0 Å². The first kappa shape index (κ1) is 7.70. The summed E-state index contributed by atoms with van der Waals surface area (Å²) in [6.07, 6.45) is 2.83. The van der Waals surface area contributed by atoms with Gasteiger partial charge in [-0.25, -0.2) is 0 Å². The average molecular weight is 135 g/mol. The maximum Gasteiger partial charge on any atom is 0.189 e. The van der Waals surface area contributed by atoms with Crippen molar-refractivity contribution >= 4 is 11.6 Å². The van der Waals surface area contributed by atoms with Crippen molar-refractivity contribution in [2.45, 2.75) is 13.8 Å². The minimum Gasteiger partial charge on any atom is -0.194 e. The molecule has 0 amide bonds. The Morgan fingerprint density at radius 2 is 1.88 bits per heavy atom. The first-order valence-electron chi connectivity index (χ1n) is 2.29. The lowest BCUT2D eigenvalue weighted by Crippen LogP contribution is -1.59. The number of allylic oxidation sites excluding steroid dienone is 3. The molecule has 0 radical (unpaired) electrons. The van der Waals surface area contributed by atoms with E-state index >= 15 is 0 Å². The van der Waals surface area contributed by atoms with Gasteiger partial charge in [-0.3, -0.25) is 0 Å². The van der Waals surface area contributed by atoms with Crippen LogP contribution >= 0.6 is 11.6 Å². The Hall–Kier alpha value is -0.300. The van der Waals surface area contributed by atoms with Gasteiger partial charge in [-0.2, -0.15) is 4.39 Å². The minimum absolute atomic E-state index is 0.675. The number of halogens is 2. The van der Waals surface area contributed by atoms with Gasteiger partial charge < -0.3 is 0 Å². The third kappa shape index (κ3) is 5.70. The van der Waals surface area contributed by atoms with Gasteiger partial charge in [-0.15, -0.1) is 0 Å². The normalized spacial score (nSPS) is 11.2. The highest BCUT2D eigenvalue weighted by molar-refractivity contribution is 6.28. The molecule has 46 valence electrons. The van der Waals surface area contributed by atoms with Crippen molar-refractivity contribution in [1.29, 1.82) is 0 Å². The molecule has 0 aliphatic heterocycles. The summed E-state index contributed by atoms with van der Waals surface area (Å²) in [4.78, 5) is 0. The molecule has 0 aliphatic rings. The number of hydrogen-bond donors (Lipinski definition) is 0. The fourth-order valence-electron chi connectivity index (χ4n) is 0.230. The summed E-state index contributed by atoms with van der Waals surface area (Å²) in [5, 5.41) is -0.675. The van der Waals surface area contributed by atoms with Crippen LogP contribution < -0.4 is 0 Å². The van der Waals surface area contributed by atoms with Crippen molar-refractivity contribution in [3.63, 3.8) is 0 Å². The van der Waals surface area contributed by atoms with Crippen LogP contribution in [0.25, 0.3) is 0 Å². The molecule has 8 heavy (non-hydrogen) atoms. The molecule has 0 heterocycles. The Kier molecular flexibility index (Phi) is 3.53. The topological polar surface area (TPSA) is 0 Å². The van der Waals surface area contributed by atoms with E-state index in [9.17, 15) is 4.39 Å². The fraction of sp³-hybridized carbons (Fsp3) is 0.333. The molecule has 0 spiro atoms. The van der Waals surface area contributed by atoms with Gasteiger partial charge in [0, 0.05) is 0 Å². The molecule has 0 unspecified atom stereocenters. The molecular formula is C6H8ClF. The molecule has 0 bridgehead atoms. The van der Waals surface area contributed by atoms with Crippen LogP contribution in [-0.4, -0.2) is 0 Å². The molecule has 0 saturated carbocycles. The van der Waals surface area contributed by atoms with Gasteiger partial charge in [0.15, 0.2) is 5.29 Å². The summed E-state index contributed by atoms with van der Waals surface area (Å²) in [6.45, 7) is 3.74. The zero-order valence-electron chi connectivity index (χ0n) is 4.91. The van der Waals surface area contributed by atoms with E-state index in [4.69, 9.17) is 11.6 Å². The van der Waals surface area contributed by atoms with E-state index in [0.29, 0.717) is 0 Å². The van der Waals surface area contributed by atoms with E-state index in [1.165, 1.54) is 6.08 Å². The number of rotatable bonds is 1. The summed E-state index contributed by atoms with van der Waals surface area (Å²) >= 11 is 4.87. The van der Waals surface area contributed by atoms with Crippen LogP contribution in [0, 0.1) is 0 Å². The predicted octanol–water partition coefficient (Wildman–Crippen LogP) is 3.00. The Balaban J connectivity index is 3.76. The average Bonchev–Trinajstić information content (AvgIpc) is 1.61. The zero-order chi connectivity index (χ0) is 6.57. The highest BCUT2D eigenvalue weighted by Crippen LogP contribution is 2.02. The van der Waals surface area contributed by atoms with Crippen molar-refractivity contribution < 1.29 is 4.39 Å². The smallest absolute Gasteiger partial charge is 0.189 e. The Labute approximate surface area is 53.7 Å². The summed E-state index contributed by atoms with van der Waals surface area (Å²) < 4.78 is 11.6. The SMILES string of the molecule is CC(C)=C/C=C(\F)Cl. The first-order valence-corrected chi connectivity index (χ1v) is 2.67. The summed E-state index contributed by atoms with van der Waals surface area (Å²) in [5.41, 5.74) is 1.03. The summed E-state index contributed by atoms with van der Waals surface area (Å²) in [6, 6.07) is 0.